The molecule has 7 heteroatoms. The zero-order valence-electron chi connectivity index (χ0n) is 7.98. The number of carbonyl (C=O) groups excluding carboxylic acids is 1. The Morgan fingerprint density at radius 2 is 2.31 bits per heavy atom. The van der Waals surface area contributed by atoms with Crippen LogP contribution in [-0.2, 0) is 0 Å². The minimum Gasteiger partial charge on any atom is -0.328 e. The molecule has 0 saturated carbocycles. The average molecular weight is 222 g/mol. The molecule has 0 unspecified atom stereocenters. The van der Waals surface area contributed by atoms with Crippen LogP contribution in [-0.4, -0.2) is 16.0 Å². The van der Waals surface area contributed by atoms with Crippen molar-refractivity contribution >= 4 is 5.91 Å². The maximum absolute atomic E-state index is 12.9. The number of benzene rings is 1. The van der Waals surface area contributed by atoms with Crippen LogP contribution in [0.15, 0.2) is 28.8 Å². The number of nitrogens with zero attached hydrogens (tertiary/aromatic N) is 2. The fraction of sp³-hybridized carbons (Fsp3) is 0. The third-order valence-electron chi connectivity index (χ3n) is 1.83. The molecule has 0 atom stereocenters. The molecule has 0 bridgehead atoms. The third-order valence-corrected chi connectivity index (χ3v) is 1.83. The summed E-state index contributed by atoms with van der Waals surface area (Å²) in [5.74, 6) is 3.61. The Hall–Kier alpha value is -2.28. The van der Waals surface area contributed by atoms with Gasteiger partial charge in [-0.2, -0.15) is 4.98 Å². The highest BCUT2D eigenvalue weighted by Gasteiger charge is 2.14. The van der Waals surface area contributed by atoms with Gasteiger partial charge in [-0.15, -0.1) is 0 Å². The molecular weight excluding hydrogens is 215 g/mol. The molecule has 0 aliphatic heterocycles. The first-order chi connectivity index (χ1) is 7.70. The van der Waals surface area contributed by atoms with Gasteiger partial charge in [-0.05, 0) is 12.1 Å². The van der Waals surface area contributed by atoms with E-state index in [1.807, 2.05) is 5.43 Å². The van der Waals surface area contributed by atoms with Crippen molar-refractivity contribution in [2.24, 2.45) is 5.84 Å². The van der Waals surface area contributed by atoms with Crippen molar-refractivity contribution in [3.8, 4) is 11.4 Å². The molecule has 0 aliphatic carbocycles. The zero-order valence-corrected chi connectivity index (χ0v) is 7.98. The standard InChI is InChI=1S/C9H7FN4O2/c10-6-3-1-2-5(4-6)7-12-9(16-14-7)8(15)13-11/h1-4H,11H2,(H,13,15). The van der Waals surface area contributed by atoms with E-state index < -0.39 is 11.7 Å². The summed E-state index contributed by atoms with van der Waals surface area (Å²) in [6.45, 7) is 0. The Balaban J connectivity index is 2.35. The van der Waals surface area contributed by atoms with Crippen LogP contribution in [0.2, 0.25) is 0 Å². The monoisotopic (exact) mass is 222 g/mol. The van der Waals surface area contributed by atoms with Crippen LogP contribution in [0.5, 0.6) is 0 Å². The van der Waals surface area contributed by atoms with Crippen molar-refractivity contribution in [3.63, 3.8) is 0 Å². The second-order valence-electron chi connectivity index (χ2n) is 2.91. The maximum atomic E-state index is 12.9. The van der Waals surface area contributed by atoms with Gasteiger partial charge < -0.3 is 4.52 Å². The van der Waals surface area contributed by atoms with E-state index >= 15 is 0 Å². The van der Waals surface area contributed by atoms with Gasteiger partial charge in [0.15, 0.2) is 0 Å². The number of halogens is 1. The Labute approximate surface area is 89.2 Å². The van der Waals surface area contributed by atoms with Gasteiger partial charge in [0.2, 0.25) is 5.82 Å². The molecule has 1 aromatic carbocycles. The summed E-state index contributed by atoms with van der Waals surface area (Å²) in [6, 6.07) is 5.62. The number of nitrogen functional groups attached to an aromatic ring is 1. The molecule has 0 fully saturated rings. The van der Waals surface area contributed by atoms with E-state index in [4.69, 9.17) is 5.84 Å². The van der Waals surface area contributed by atoms with Crippen molar-refractivity contribution in [2.75, 3.05) is 0 Å². The van der Waals surface area contributed by atoms with E-state index in [9.17, 15) is 9.18 Å². The van der Waals surface area contributed by atoms with Crippen LogP contribution in [0.25, 0.3) is 11.4 Å². The van der Waals surface area contributed by atoms with Crippen molar-refractivity contribution in [1.82, 2.24) is 15.6 Å². The lowest BCUT2D eigenvalue weighted by atomic mass is 10.2. The van der Waals surface area contributed by atoms with Crippen LogP contribution in [0, 0.1) is 5.82 Å². The van der Waals surface area contributed by atoms with Crippen molar-refractivity contribution in [1.29, 1.82) is 0 Å². The number of rotatable bonds is 2. The molecule has 3 N–H and O–H groups in total. The lowest BCUT2D eigenvalue weighted by Crippen LogP contribution is -2.30. The van der Waals surface area contributed by atoms with Gasteiger partial charge in [0.05, 0.1) is 0 Å². The van der Waals surface area contributed by atoms with Gasteiger partial charge in [-0.1, -0.05) is 17.3 Å². The van der Waals surface area contributed by atoms with Crippen molar-refractivity contribution in [2.45, 2.75) is 0 Å². The number of amides is 1. The number of nitrogens with two attached hydrogens (primary N) is 1. The number of hydrogen-bond donors (Lipinski definition) is 2. The van der Waals surface area contributed by atoms with Gasteiger partial charge >= 0.3 is 11.8 Å². The Bertz CT molecular complexity index is 526. The summed E-state index contributed by atoms with van der Waals surface area (Å²) >= 11 is 0. The Morgan fingerprint density at radius 3 is 3.00 bits per heavy atom. The predicted octanol–water partition coefficient (Wildman–Crippen LogP) is 0.479. The fourth-order valence-electron chi connectivity index (χ4n) is 1.12. The second kappa shape index (κ2) is 4.07. The highest BCUT2D eigenvalue weighted by atomic mass is 19.1. The van der Waals surface area contributed by atoms with Crippen molar-refractivity contribution in [3.05, 3.63) is 36.0 Å². The summed E-state index contributed by atoms with van der Waals surface area (Å²) in [7, 11) is 0. The van der Waals surface area contributed by atoms with Gasteiger partial charge in [0, 0.05) is 5.56 Å². The van der Waals surface area contributed by atoms with E-state index in [-0.39, 0.29) is 11.7 Å². The van der Waals surface area contributed by atoms with Crippen LogP contribution in [0.3, 0.4) is 0 Å². The highest BCUT2D eigenvalue weighted by molar-refractivity contribution is 5.89. The largest absolute Gasteiger partial charge is 0.328 e. The first kappa shape index (κ1) is 10.2. The zero-order chi connectivity index (χ0) is 11.5. The van der Waals surface area contributed by atoms with E-state index in [2.05, 4.69) is 14.7 Å². The van der Waals surface area contributed by atoms with Crippen LogP contribution in [0.1, 0.15) is 10.7 Å². The van der Waals surface area contributed by atoms with Crippen LogP contribution < -0.4 is 11.3 Å². The minimum atomic E-state index is -0.699. The quantitative estimate of drug-likeness (QED) is 0.438. The third kappa shape index (κ3) is 1.89. The van der Waals surface area contributed by atoms with E-state index in [0.29, 0.717) is 5.56 Å². The Morgan fingerprint density at radius 1 is 1.50 bits per heavy atom. The first-order valence-electron chi connectivity index (χ1n) is 4.31. The van der Waals surface area contributed by atoms with Crippen molar-refractivity contribution < 1.29 is 13.7 Å². The molecular formula is C9H7FN4O2. The lowest BCUT2D eigenvalue weighted by Gasteiger charge is -1.92. The molecule has 6 nitrogen and oxygen atoms in total. The van der Waals surface area contributed by atoms with Gasteiger partial charge in [-0.3, -0.25) is 10.2 Å². The summed E-state index contributed by atoms with van der Waals surface area (Å²) in [5.41, 5.74) is 2.26. The molecule has 16 heavy (non-hydrogen) atoms. The first-order valence-corrected chi connectivity index (χ1v) is 4.31. The number of aromatic nitrogens is 2. The lowest BCUT2D eigenvalue weighted by molar-refractivity contribution is 0.0910. The second-order valence-corrected chi connectivity index (χ2v) is 2.91. The molecule has 1 aromatic heterocycles. The Kier molecular flexibility index (Phi) is 2.61. The topological polar surface area (TPSA) is 94.0 Å². The molecule has 2 aromatic rings. The normalized spacial score (nSPS) is 10.1. The molecule has 82 valence electrons. The summed E-state index contributed by atoms with van der Waals surface area (Å²) in [5, 5.41) is 3.53. The number of hydrogen-bond acceptors (Lipinski definition) is 5. The number of hydrazine groups is 1. The van der Waals surface area contributed by atoms with E-state index in [1.54, 1.807) is 6.07 Å². The predicted molar refractivity (Wildman–Crippen MR) is 51.3 cm³/mol. The summed E-state index contributed by atoms with van der Waals surface area (Å²) in [6.07, 6.45) is 0. The minimum absolute atomic E-state index is 0.123. The van der Waals surface area contributed by atoms with Crippen LogP contribution in [0.4, 0.5) is 4.39 Å². The molecule has 0 radical (unpaired) electrons. The van der Waals surface area contributed by atoms with Gasteiger partial charge in [0.25, 0.3) is 0 Å². The van der Waals surface area contributed by atoms with Gasteiger partial charge in [0.1, 0.15) is 5.82 Å². The highest BCUT2D eigenvalue weighted by Crippen LogP contribution is 2.16. The molecule has 1 heterocycles. The fourth-order valence-corrected chi connectivity index (χ4v) is 1.12. The van der Waals surface area contributed by atoms with Crippen LogP contribution >= 0.6 is 0 Å². The summed E-state index contributed by atoms with van der Waals surface area (Å²) in [4.78, 5) is 14.8. The molecule has 0 aliphatic rings. The maximum Gasteiger partial charge on any atom is 0.323 e. The van der Waals surface area contributed by atoms with E-state index in [0.717, 1.165) is 0 Å². The smallest absolute Gasteiger partial charge is 0.323 e. The SMILES string of the molecule is NNC(=O)c1nc(-c2cccc(F)c2)no1. The average Bonchev–Trinajstić information content (AvgIpc) is 2.77. The molecule has 0 spiro atoms. The van der Waals surface area contributed by atoms with E-state index in [1.165, 1.54) is 18.2 Å². The number of carbonyl (C=O) groups is 1. The summed E-state index contributed by atoms with van der Waals surface area (Å²) < 4.78 is 17.5. The number of nitrogens with one attached hydrogen (secondary N) is 1. The molecule has 1 amide bonds. The van der Waals surface area contributed by atoms with Gasteiger partial charge in [-0.25, -0.2) is 10.2 Å². The molecule has 2 rings (SSSR count). The molecule has 0 saturated heterocycles.